The molecule has 1 aromatic carbocycles. The molecular weight excluding hydrogens is 268 g/mol. The lowest BCUT2D eigenvalue weighted by atomic mass is 10.0. The quantitative estimate of drug-likeness (QED) is 0.504. The highest BCUT2D eigenvalue weighted by atomic mass is 16.6. The molecule has 0 spiro atoms. The van der Waals surface area contributed by atoms with Gasteiger partial charge in [-0.1, -0.05) is 0 Å². The summed E-state index contributed by atoms with van der Waals surface area (Å²) < 4.78 is 4.93. The Bertz CT molecular complexity index is 505. The predicted molar refractivity (Wildman–Crippen MR) is 69.3 cm³/mol. The SMILES string of the molecule is COc1ccc([N+](=O)[O-])c(C(O)C(O)CNC(C)=O)c1. The lowest BCUT2D eigenvalue weighted by Gasteiger charge is -2.18. The second kappa shape index (κ2) is 6.83. The number of benzene rings is 1. The molecule has 0 aromatic heterocycles. The lowest BCUT2D eigenvalue weighted by molar-refractivity contribution is -0.386. The Kier molecular flexibility index (Phi) is 5.42. The minimum atomic E-state index is -1.52. The maximum Gasteiger partial charge on any atom is 0.275 e. The van der Waals surface area contributed by atoms with Crippen molar-refractivity contribution in [1.29, 1.82) is 0 Å². The number of carbonyl (C=O) groups is 1. The number of rotatable bonds is 6. The molecule has 0 aliphatic carbocycles. The van der Waals surface area contributed by atoms with E-state index >= 15 is 0 Å². The summed E-state index contributed by atoms with van der Waals surface area (Å²) in [5.74, 6) is -0.0623. The molecule has 1 rings (SSSR count). The van der Waals surface area contributed by atoms with Crippen LogP contribution in [0.4, 0.5) is 5.69 Å². The second-order valence-electron chi connectivity index (χ2n) is 4.13. The molecule has 20 heavy (non-hydrogen) atoms. The van der Waals surface area contributed by atoms with E-state index in [1.807, 2.05) is 0 Å². The zero-order valence-electron chi connectivity index (χ0n) is 11.1. The number of hydrogen-bond acceptors (Lipinski definition) is 6. The van der Waals surface area contributed by atoms with E-state index in [0.29, 0.717) is 5.75 Å². The van der Waals surface area contributed by atoms with E-state index < -0.39 is 17.1 Å². The van der Waals surface area contributed by atoms with Gasteiger partial charge in [0.25, 0.3) is 5.69 Å². The van der Waals surface area contributed by atoms with Crippen molar-refractivity contribution in [3.05, 3.63) is 33.9 Å². The summed E-state index contributed by atoms with van der Waals surface area (Å²) in [4.78, 5) is 21.0. The molecule has 110 valence electrons. The third-order valence-electron chi connectivity index (χ3n) is 2.67. The van der Waals surface area contributed by atoms with Gasteiger partial charge in [-0.25, -0.2) is 0 Å². The number of nitrogens with one attached hydrogen (secondary N) is 1. The van der Waals surface area contributed by atoms with Gasteiger partial charge in [0, 0.05) is 19.5 Å². The average Bonchev–Trinajstić information content (AvgIpc) is 2.42. The fourth-order valence-electron chi connectivity index (χ4n) is 1.63. The van der Waals surface area contributed by atoms with Gasteiger partial charge in [0.05, 0.1) is 17.6 Å². The summed E-state index contributed by atoms with van der Waals surface area (Å²) in [6, 6.07) is 3.84. The van der Waals surface area contributed by atoms with Crippen molar-refractivity contribution in [2.75, 3.05) is 13.7 Å². The largest absolute Gasteiger partial charge is 0.497 e. The number of aliphatic hydroxyl groups is 2. The second-order valence-corrected chi connectivity index (χ2v) is 4.13. The maximum atomic E-state index is 10.9. The van der Waals surface area contributed by atoms with Crippen molar-refractivity contribution in [1.82, 2.24) is 5.32 Å². The van der Waals surface area contributed by atoms with E-state index in [-0.39, 0.29) is 23.7 Å². The van der Waals surface area contributed by atoms with Crippen LogP contribution in [0.25, 0.3) is 0 Å². The molecular formula is C12H16N2O6. The summed E-state index contributed by atoms with van der Waals surface area (Å²) in [6.07, 6.45) is -2.89. The van der Waals surface area contributed by atoms with Gasteiger partial charge in [0.2, 0.25) is 5.91 Å². The molecule has 0 aliphatic heterocycles. The highest BCUT2D eigenvalue weighted by Crippen LogP contribution is 2.30. The van der Waals surface area contributed by atoms with Crippen LogP contribution < -0.4 is 10.1 Å². The van der Waals surface area contributed by atoms with Crippen molar-refractivity contribution < 1.29 is 24.7 Å². The molecule has 0 saturated heterocycles. The lowest BCUT2D eigenvalue weighted by Crippen LogP contribution is -2.34. The predicted octanol–water partition coefficient (Wildman–Crippen LogP) is 0.134. The van der Waals surface area contributed by atoms with Crippen molar-refractivity contribution in [3.63, 3.8) is 0 Å². The van der Waals surface area contributed by atoms with Crippen LogP contribution in [0.15, 0.2) is 18.2 Å². The molecule has 0 saturated carbocycles. The summed E-state index contributed by atoms with van der Waals surface area (Å²) in [5, 5.41) is 33.0. The first kappa shape index (κ1) is 15.9. The third kappa shape index (κ3) is 3.90. The molecule has 1 aromatic rings. The van der Waals surface area contributed by atoms with E-state index in [1.165, 1.54) is 32.2 Å². The first-order valence-electron chi connectivity index (χ1n) is 5.79. The van der Waals surface area contributed by atoms with Gasteiger partial charge in [0.1, 0.15) is 18.0 Å². The Morgan fingerprint density at radius 3 is 2.65 bits per heavy atom. The van der Waals surface area contributed by atoms with Crippen LogP contribution in [-0.4, -0.2) is 40.8 Å². The number of hydrogen-bond donors (Lipinski definition) is 3. The molecule has 0 bridgehead atoms. The summed E-state index contributed by atoms with van der Waals surface area (Å²) in [5.41, 5.74) is -0.410. The molecule has 0 aliphatic rings. The summed E-state index contributed by atoms with van der Waals surface area (Å²) in [7, 11) is 1.38. The van der Waals surface area contributed by atoms with Crippen LogP contribution in [-0.2, 0) is 4.79 Å². The first-order chi connectivity index (χ1) is 9.36. The van der Waals surface area contributed by atoms with Crippen molar-refractivity contribution in [2.45, 2.75) is 19.1 Å². The molecule has 0 fully saturated rings. The fourth-order valence-corrected chi connectivity index (χ4v) is 1.63. The van der Waals surface area contributed by atoms with Gasteiger partial charge in [-0.05, 0) is 12.1 Å². The zero-order valence-corrected chi connectivity index (χ0v) is 11.1. The Hall–Kier alpha value is -2.19. The van der Waals surface area contributed by atoms with Crippen molar-refractivity contribution >= 4 is 11.6 Å². The van der Waals surface area contributed by atoms with Crippen LogP contribution in [0, 0.1) is 10.1 Å². The van der Waals surface area contributed by atoms with Crippen molar-refractivity contribution in [2.24, 2.45) is 0 Å². The Morgan fingerprint density at radius 1 is 1.50 bits per heavy atom. The smallest absolute Gasteiger partial charge is 0.275 e. The first-order valence-corrected chi connectivity index (χ1v) is 5.79. The van der Waals surface area contributed by atoms with E-state index in [2.05, 4.69) is 5.32 Å². The van der Waals surface area contributed by atoms with E-state index in [9.17, 15) is 25.1 Å². The molecule has 0 radical (unpaired) electrons. The standard InChI is InChI=1S/C12H16N2O6/c1-7(15)13-6-11(16)12(17)9-5-8(20-2)3-4-10(9)14(18)19/h3-5,11-12,16-17H,6H2,1-2H3,(H,13,15). The number of carbonyl (C=O) groups excluding carboxylic acids is 1. The Balaban J connectivity index is 3.02. The molecule has 1 amide bonds. The van der Waals surface area contributed by atoms with Gasteiger partial charge in [-0.15, -0.1) is 0 Å². The van der Waals surface area contributed by atoms with Gasteiger partial charge in [-0.3, -0.25) is 14.9 Å². The number of ether oxygens (including phenoxy) is 1. The highest BCUT2D eigenvalue weighted by Gasteiger charge is 2.27. The maximum absolute atomic E-state index is 10.9. The van der Waals surface area contributed by atoms with Crippen LogP contribution >= 0.6 is 0 Å². The molecule has 0 heterocycles. The number of aliphatic hydroxyl groups excluding tert-OH is 2. The molecule has 8 heteroatoms. The number of nitro groups is 1. The van der Waals surface area contributed by atoms with Gasteiger partial charge < -0.3 is 20.3 Å². The topological polar surface area (TPSA) is 122 Å². The van der Waals surface area contributed by atoms with Crippen LogP contribution in [0.5, 0.6) is 5.75 Å². The van der Waals surface area contributed by atoms with Gasteiger partial charge >= 0.3 is 0 Å². The van der Waals surface area contributed by atoms with E-state index in [4.69, 9.17) is 4.74 Å². The van der Waals surface area contributed by atoms with E-state index in [1.54, 1.807) is 0 Å². The van der Waals surface area contributed by atoms with Crippen LogP contribution in [0.1, 0.15) is 18.6 Å². The Labute approximate surface area is 115 Å². The summed E-state index contributed by atoms with van der Waals surface area (Å²) >= 11 is 0. The minimum absolute atomic E-state index is 0.0767. The fraction of sp³-hybridized carbons (Fsp3) is 0.417. The minimum Gasteiger partial charge on any atom is -0.497 e. The zero-order chi connectivity index (χ0) is 15.3. The van der Waals surface area contributed by atoms with E-state index in [0.717, 1.165) is 0 Å². The Morgan fingerprint density at radius 2 is 2.15 bits per heavy atom. The van der Waals surface area contributed by atoms with Crippen LogP contribution in [0.3, 0.4) is 0 Å². The highest BCUT2D eigenvalue weighted by molar-refractivity contribution is 5.72. The number of nitrogens with zero attached hydrogens (tertiary/aromatic N) is 1. The molecule has 3 N–H and O–H groups in total. The van der Waals surface area contributed by atoms with Crippen LogP contribution in [0.2, 0.25) is 0 Å². The van der Waals surface area contributed by atoms with Crippen molar-refractivity contribution in [3.8, 4) is 5.75 Å². The number of methoxy groups -OCH3 is 1. The monoisotopic (exact) mass is 284 g/mol. The van der Waals surface area contributed by atoms with Gasteiger partial charge in [-0.2, -0.15) is 0 Å². The number of amides is 1. The van der Waals surface area contributed by atoms with Gasteiger partial charge in [0.15, 0.2) is 0 Å². The molecule has 2 unspecified atom stereocenters. The average molecular weight is 284 g/mol. The summed E-state index contributed by atoms with van der Waals surface area (Å²) in [6.45, 7) is 1.04. The third-order valence-corrected chi connectivity index (χ3v) is 2.67. The molecule has 2 atom stereocenters. The molecule has 8 nitrogen and oxygen atoms in total. The normalized spacial score (nSPS) is 13.4. The number of nitro benzene ring substituents is 1.